The molecule has 0 saturated heterocycles. The van der Waals surface area contributed by atoms with Gasteiger partial charge in [-0.25, -0.2) is 18.4 Å². The van der Waals surface area contributed by atoms with Crippen molar-refractivity contribution < 1.29 is 13.2 Å². The van der Waals surface area contributed by atoms with Gasteiger partial charge in [0.1, 0.15) is 17.9 Å². The number of benzene rings is 2. The normalized spacial score (nSPS) is 11.3. The van der Waals surface area contributed by atoms with Gasteiger partial charge in [-0.05, 0) is 61.0 Å². The van der Waals surface area contributed by atoms with E-state index in [2.05, 4.69) is 14.7 Å². The second kappa shape index (κ2) is 8.17. The van der Waals surface area contributed by atoms with E-state index in [1.807, 2.05) is 29.1 Å². The molecule has 30 heavy (non-hydrogen) atoms. The fourth-order valence-electron chi connectivity index (χ4n) is 2.81. The molecule has 1 N–H and O–H groups in total. The number of sulfonamides is 1. The van der Waals surface area contributed by atoms with Gasteiger partial charge in [0.2, 0.25) is 5.88 Å². The zero-order chi connectivity index (χ0) is 21.1. The third-order valence-corrected chi connectivity index (χ3v) is 6.27. The van der Waals surface area contributed by atoms with Crippen LogP contribution >= 0.6 is 11.6 Å². The maximum atomic E-state index is 12.7. The first-order chi connectivity index (χ1) is 14.4. The Kier molecular flexibility index (Phi) is 5.43. The van der Waals surface area contributed by atoms with Crippen LogP contribution in [-0.4, -0.2) is 23.0 Å². The number of halogens is 1. The number of ether oxygens (including phenoxy) is 1. The molecule has 4 aromatic rings. The first-order valence-corrected chi connectivity index (χ1v) is 10.8. The van der Waals surface area contributed by atoms with E-state index >= 15 is 0 Å². The molecule has 7 nitrogen and oxygen atoms in total. The second-order valence-corrected chi connectivity index (χ2v) is 8.46. The molecule has 0 fully saturated rings. The number of nitrogens with one attached hydrogen (secondary N) is 1. The van der Waals surface area contributed by atoms with Crippen LogP contribution in [0.1, 0.15) is 5.56 Å². The highest BCUT2D eigenvalue weighted by molar-refractivity contribution is 7.92. The molecule has 0 bridgehead atoms. The summed E-state index contributed by atoms with van der Waals surface area (Å²) in [6.45, 7) is 1.66. The standard InChI is InChI=1S/C21H17ClN4O3S/c1-15-18(22)5-4-6-19(15)30(27,28)25-16-7-9-17(10-8-16)29-21-13-20(23-14-24-21)26-11-2-3-12-26/h2-14,25H,1H3. The van der Waals surface area contributed by atoms with Crippen molar-refractivity contribution in [1.29, 1.82) is 0 Å². The minimum Gasteiger partial charge on any atom is -0.439 e. The van der Waals surface area contributed by atoms with E-state index in [1.165, 1.54) is 12.4 Å². The van der Waals surface area contributed by atoms with Gasteiger partial charge in [0.15, 0.2) is 0 Å². The van der Waals surface area contributed by atoms with Gasteiger partial charge in [-0.2, -0.15) is 0 Å². The lowest BCUT2D eigenvalue weighted by atomic mass is 10.2. The average Bonchev–Trinajstić information content (AvgIpc) is 3.26. The summed E-state index contributed by atoms with van der Waals surface area (Å²) in [6, 6.07) is 16.8. The van der Waals surface area contributed by atoms with Crippen LogP contribution in [0.2, 0.25) is 5.02 Å². The Morgan fingerprint density at radius 3 is 2.47 bits per heavy atom. The fraction of sp³-hybridized carbons (Fsp3) is 0.0476. The quantitative estimate of drug-likeness (QED) is 0.464. The topological polar surface area (TPSA) is 86.1 Å². The smallest absolute Gasteiger partial charge is 0.262 e. The molecule has 0 aliphatic heterocycles. The number of nitrogens with zero attached hydrogens (tertiary/aromatic N) is 3. The Hall–Kier alpha value is -3.36. The molecule has 0 aliphatic carbocycles. The molecule has 0 aliphatic rings. The summed E-state index contributed by atoms with van der Waals surface area (Å²) in [6.07, 6.45) is 5.16. The molecule has 0 amide bonds. The highest BCUT2D eigenvalue weighted by Gasteiger charge is 2.18. The van der Waals surface area contributed by atoms with Crippen LogP contribution in [0, 0.1) is 6.92 Å². The van der Waals surface area contributed by atoms with E-state index < -0.39 is 10.0 Å². The molecule has 0 saturated carbocycles. The Bertz CT molecular complexity index is 1270. The fourth-order valence-corrected chi connectivity index (χ4v) is 4.37. The maximum absolute atomic E-state index is 12.7. The molecule has 4 rings (SSSR count). The van der Waals surface area contributed by atoms with Crippen LogP contribution in [0.15, 0.2) is 84.3 Å². The van der Waals surface area contributed by atoms with Gasteiger partial charge in [0.25, 0.3) is 10.0 Å². The summed E-state index contributed by atoms with van der Waals surface area (Å²) in [7, 11) is -3.77. The molecule has 0 radical (unpaired) electrons. The molecule has 9 heteroatoms. The number of hydrogen-bond acceptors (Lipinski definition) is 5. The van der Waals surface area contributed by atoms with Crippen LogP contribution in [-0.2, 0) is 10.0 Å². The lowest BCUT2D eigenvalue weighted by Crippen LogP contribution is -2.14. The highest BCUT2D eigenvalue weighted by Crippen LogP contribution is 2.26. The van der Waals surface area contributed by atoms with Gasteiger partial charge in [-0.1, -0.05) is 17.7 Å². The molecule has 0 unspecified atom stereocenters. The predicted octanol–water partition coefficient (Wildman–Crippen LogP) is 4.82. The minimum absolute atomic E-state index is 0.133. The number of rotatable bonds is 6. The van der Waals surface area contributed by atoms with Gasteiger partial charge in [0, 0.05) is 29.2 Å². The lowest BCUT2D eigenvalue weighted by Gasteiger charge is -2.12. The third kappa shape index (κ3) is 4.29. The molecular formula is C21H17ClN4O3S. The van der Waals surface area contributed by atoms with Gasteiger partial charge >= 0.3 is 0 Å². The number of anilines is 1. The van der Waals surface area contributed by atoms with Crippen molar-refractivity contribution in [2.24, 2.45) is 0 Å². The van der Waals surface area contributed by atoms with Gasteiger partial charge in [-0.3, -0.25) is 4.72 Å². The number of hydrogen-bond donors (Lipinski definition) is 1. The van der Waals surface area contributed by atoms with Crippen LogP contribution in [0.25, 0.3) is 5.82 Å². The van der Waals surface area contributed by atoms with Crippen molar-refractivity contribution in [3.63, 3.8) is 0 Å². The summed E-state index contributed by atoms with van der Waals surface area (Å²) in [5.74, 6) is 1.55. The van der Waals surface area contributed by atoms with E-state index in [0.717, 1.165) is 0 Å². The second-order valence-electron chi connectivity index (χ2n) is 6.40. The van der Waals surface area contributed by atoms with Crippen LogP contribution in [0.4, 0.5) is 5.69 Å². The van der Waals surface area contributed by atoms with Crippen LogP contribution in [0.5, 0.6) is 11.6 Å². The molecule has 152 valence electrons. The van der Waals surface area contributed by atoms with Crippen molar-refractivity contribution in [3.8, 4) is 17.4 Å². The zero-order valence-corrected chi connectivity index (χ0v) is 17.4. The Balaban J connectivity index is 1.50. The maximum Gasteiger partial charge on any atom is 0.262 e. The van der Waals surface area contributed by atoms with Gasteiger partial charge in [-0.15, -0.1) is 0 Å². The largest absolute Gasteiger partial charge is 0.439 e. The molecular weight excluding hydrogens is 424 g/mol. The Labute approximate surface area is 179 Å². The van der Waals surface area contributed by atoms with Crippen molar-refractivity contribution in [1.82, 2.24) is 14.5 Å². The summed E-state index contributed by atoms with van der Waals surface area (Å²) >= 11 is 6.04. The Morgan fingerprint density at radius 1 is 1.00 bits per heavy atom. The van der Waals surface area contributed by atoms with E-state index in [9.17, 15) is 8.42 Å². The minimum atomic E-state index is -3.77. The average molecular weight is 441 g/mol. The van der Waals surface area contributed by atoms with E-state index in [4.69, 9.17) is 16.3 Å². The van der Waals surface area contributed by atoms with E-state index in [-0.39, 0.29) is 4.90 Å². The van der Waals surface area contributed by atoms with Crippen molar-refractivity contribution in [2.45, 2.75) is 11.8 Å². The van der Waals surface area contributed by atoms with E-state index in [1.54, 1.807) is 49.4 Å². The van der Waals surface area contributed by atoms with E-state index in [0.29, 0.717) is 33.7 Å². The van der Waals surface area contributed by atoms with Crippen molar-refractivity contribution in [2.75, 3.05) is 4.72 Å². The summed E-state index contributed by atoms with van der Waals surface area (Å²) in [4.78, 5) is 8.45. The molecule has 2 heterocycles. The third-order valence-electron chi connectivity index (χ3n) is 4.33. The van der Waals surface area contributed by atoms with Gasteiger partial charge < -0.3 is 9.30 Å². The first-order valence-electron chi connectivity index (χ1n) is 8.94. The molecule has 2 aromatic heterocycles. The number of aromatic nitrogens is 3. The first kappa shape index (κ1) is 19.9. The van der Waals surface area contributed by atoms with Crippen LogP contribution < -0.4 is 9.46 Å². The van der Waals surface area contributed by atoms with Crippen molar-refractivity contribution >= 4 is 27.3 Å². The zero-order valence-electron chi connectivity index (χ0n) is 15.9. The monoisotopic (exact) mass is 440 g/mol. The SMILES string of the molecule is Cc1c(Cl)cccc1S(=O)(=O)Nc1ccc(Oc2cc(-n3cccc3)ncn2)cc1. The summed E-state index contributed by atoms with van der Waals surface area (Å²) in [5.41, 5.74) is 0.895. The molecule has 2 aromatic carbocycles. The lowest BCUT2D eigenvalue weighted by molar-refractivity contribution is 0.461. The predicted molar refractivity (Wildman–Crippen MR) is 115 cm³/mol. The molecule has 0 atom stereocenters. The van der Waals surface area contributed by atoms with Gasteiger partial charge in [0.05, 0.1) is 4.90 Å². The summed E-state index contributed by atoms with van der Waals surface area (Å²) < 4.78 is 35.5. The Morgan fingerprint density at radius 2 is 1.73 bits per heavy atom. The molecule has 0 spiro atoms. The summed E-state index contributed by atoms with van der Waals surface area (Å²) in [5, 5.41) is 0.394. The van der Waals surface area contributed by atoms with Crippen LogP contribution in [0.3, 0.4) is 0 Å². The van der Waals surface area contributed by atoms with Crippen molar-refractivity contribution in [3.05, 3.63) is 90.0 Å². The highest BCUT2D eigenvalue weighted by atomic mass is 35.5.